The topological polar surface area (TPSA) is 74.7 Å². The van der Waals surface area contributed by atoms with Crippen molar-refractivity contribution in [2.75, 3.05) is 0 Å². The first kappa shape index (κ1) is 16.6. The van der Waals surface area contributed by atoms with E-state index in [2.05, 4.69) is 16.2 Å². The number of rotatable bonds is 4. The highest BCUT2D eigenvalue weighted by atomic mass is 16.3. The Morgan fingerprint density at radius 3 is 2.33 bits per heavy atom. The van der Waals surface area contributed by atoms with Gasteiger partial charge in [-0.25, -0.2) is 9.67 Å². The van der Waals surface area contributed by atoms with Crippen LogP contribution in [0.2, 0.25) is 0 Å². The molecule has 1 N–H and O–H groups in total. The monoisotopic (exact) mass is 352 g/mol. The average Bonchev–Trinajstić information content (AvgIpc) is 3.24. The molecule has 0 aliphatic rings. The second kappa shape index (κ2) is 7.14. The van der Waals surface area contributed by atoms with Crippen LogP contribution in [0.3, 0.4) is 0 Å². The van der Waals surface area contributed by atoms with Crippen LogP contribution in [0.1, 0.15) is 22.7 Å². The lowest BCUT2D eigenvalue weighted by atomic mass is 9.92. The van der Waals surface area contributed by atoms with E-state index in [0.29, 0.717) is 5.56 Å². The van der Waals surface area contributed by atoms with E-state index in [4.69, 9.17) is 0 Å². The van der Waals surface area contributed by atoms with Gasteiger partial charge in [0, 0.05) is 0 Å². The van der Waals surface area contributed by atoms with E-state index >= 15 is 0 Å². The molecule has 3 aromatic carbocycles. The third-order valence-electron chi connectivity index (χ3n) is 4.47. The van der Waals surface area contributed by atoms with E-state index in [-0.39, 0.29) is 11.8 Å². The van der Waals surface area contributed by atoms with Crippen LogP contribution in [0.25, 0.3) is 11.1 Å². The average molecular weight is 352 g/mol. The molecule has 0 spiro atoms. The molecule has 0 amide bonds. The van der Waals surface area contributed by atoms with Crippen molar-refractivity contribution in [2.24, 2.45) is 0 Å². The Bertz CT molecular complexity index is 1080. The first-order valence-corrected chi connectivity index (χ1v) is 8.49. The van der Waals surface area contributed by atoms with Gasteiger partial charge in [0.05, 0.1) is 11.6 Å². The quantitative estimate of drug-likeness (QED) is 0.598. The number of phenolic OH excluding ortho intramolecular Hbond substituents is 1. The van der Waals surface area contributed by atoms with Crippen molar-refractivity contribution >= 4 is 0 Å². The molecule has 0 radical (unpaired) electrons. The van der Waals surface area contributed by atoms with E-state index in [9.17, 15) is 10.4 Å². The van der Waals surface area contributed by atoms with Crippen LogP contribution in [0.15, 0.2) is 85.5 Å². The number of phenols is 1. The van der Waals surface area contributed by atoms with Gasteiger partial charge in [-0.2, -0.15) is 10.4 Å². The second-order valence-corrected chi connectivity index (χ2v) is 6.15. The van der Waals surface area contributed by atoms with Crippen molar-refractivity contribution in [3.63, 3.8) is 0 Å². The van der Waals surface area contributed by atoms with E-state index < -0.39 is 0 Å². The molecule has 5 nitrogen and oxygen atoms in total. The van der Waals surface area contributed by atoms with Crippen molar-refractivity contribution in [3.05, 3.63) is 102 Å². The van der Waals surface area contributed by atoms with Gasteiger partial charge in [0.15, 0.2) is 0 Å². The summed E-state index contributed by atoms with van der Waals surface area (Å²) in [5.74, 6) is 0.209. The van der Waals surface area contributed by atoms with Crippen LogP contribution in [0.4, 0.5) is 0 Å². The minimum absolute atomic E-state index is 0.209. The van der Waals surface area contributed by atoms with Crippen molar-refractivity contribution < 1.29 is 5.11 Å². The second-order valence-electron chi connectivity index (χ2n) is 6.15. The van der Waals surface area contributed by atoms with Crippen LogP contribution in [0, 0.1) is 11.3 Å². The van der Waals surface area contributed by atoms with E-state index in [1.54, 1.807) is 23.1 Å². The molecule has 1 atom stereocenters. The third-order valence-corrected chi connectivity index (χ3v) is 4.47. The zero-order valence-corrected chi connectivity index (χ0v) is 14.4. The predicted octanol–water partition coefficient (Wildman–Crippen LogP) is 4.16. The highest BCUT2D eigenvalue weighted by molar-refractivity contribution is 5.71. The summed E-state index contributed by atoms with van der Waals surface area (Å²) >= 11 is 0. The van der Waals surface area contributed by atoms with E-state index in [1.807, 2.05) is 60.7 Å². The fourth-order valence-corrected chi connectivity index (χ4v) is 3.19. The Hall–Kier alpha value is -3.91. The molecule has 5 heteroatoms. The Kier molecular flexibility index (Phi) is 4.38. The number of nitrogens with zero attached hydrogens (tertiary/aromatic N) is 4. The number of aromatic nitrogens is 3. The molecule has 130 valence electrons. The zero-order chi connectivity index (χ0) is 18.6. The fraction of sp³-hybridized carbons (Fsp3) is 0.0455. The van der Waals surface area contributed by atoms with Gasteiger partial charge in [-0.05, 0) is 46.5 Å². The molecule has 0 saturated carbocycles. The van der Waals surface area contributed by atoms with Crippen LogP contribution in [-0.2, 0) is 0 Å². The number of hydrogen-bond donors (Lipinski definition) is 1. The van der Waals surface area contributed by atoms with Crippen LogP contribution >= 0.6 is 0 Å². The van der Waals surface area contributed by atoms with Crippen LogP contribution in [0.5, 0.6) is 5.75 Å². The molecule has 1 heterocycles. The first-order chi connectivity index (χ1) is 13.3. The normalized spacial score (nSPS) is 11.7. The lowest BCUT2D eigenvalue weighted by molar-refractivity contribution is 0.474. The Morgan fingerprint density at radius 2 is 1.67 bits per heavy atom. The van der Waals surface area contributed by atoms with Crippen molar-refractivity contribution in [1.29, 1.82) is 5.26 Å². The molecule has 0 saturated heterocycles. The fourth-order valence-electron chi connectivity index (χ4n) is 3.19. The molecule has 4 aromatic rings. The molecule has 0 aliphatic heterocycles. The Morgan fingerprint density at radius 1 is 0.926 bits per heavy atom. The summed E-state index contributed by atoms with van der Waals surface area (Å²) in [6.07, 6.45) is 3.16. The largest absolute Gasteiger partial charge is 0.508 e. The highest BCUT2D eigenvalue weighted by Crippen LogP contribution is 2.32. The maximum atomic E-state index is 9.63. The third kappa shape index (κ3) is 3.29. The SMILES string of the molecule is N#Cc1ccc(C(c2ccc(O)cc2)n2cncn2)cc1-c1ccccc1. The lowest BCUT2D eigenvalue weighted by Gasteiger charge is -2.19. The molecule has 1 unspecified atom stereocenters. The van der Waals surface area contributed by atoms with Gasteiger partial charge in [-0.15, -0.1) is 0 Å². The number of benzene rings is 3. The van der Waals surface area contributed by atoms with E-state index in [1.165, 1.54) is 6.33 Å². The maximum absolute atomic E-state index is 9.63. The molecular formula is C22H16N4O. The molecule has 27 heavy (non-hydrogen) atoms. The summed E-state index contributed by atoms with van der Waals surface area (Å²) < 4.78 is 1.77. The minimum atomic E-state index is -0.219. The Balaban J connectivity index is 1.88. The van der Waals surface area contributed by atoms with Crippen molar-refractivity contribution in [3.8, 4) is 22.9 Å². The predicted molar refractivity (Wildman–Crippen MR) is 102 cm³/mol. The van der Waals surface area contributed by atoms with Crippen molar-refractivity contribution in [1.82, 2.24) is 14.8 Å². The van der Waals surface area contributed by atoms with Gasteiger partial charge >= 0.3 is 0 Å². The summed E-state index contributed by atoms with van der Waals surface area (Å²) in [7, 11) is 0. The number of aromatic hydroxyl groups is 1. The summed E-state index contributed by atoms with van der Waals surface area (Å²) in [4.78, 5) is 4.08. The lowest BCUT2D eigenvalue weighted by Crippen LogP contribution is -2.13. The molecule has 4 rings (SSSR count). The molecular weight excluding hydrogens is 336 g/mol. The first-order valence-electron chi connectivity index (χ1n) is 8.49. The standard InChI is InChI=1S/C22H16N4O/c23-13-19-7-6-18(12-21(19)16-4-2-1-3-5-16)22(26-15-24-14-25-26)17-8-10-20(27)11-9-17/h1-12,14-15,22,27H. The maximum Gasteiger partial charge on any atom is 0.137 e. The molecule has 0 bridgehead atoms. The zero-order valence-electron chi connectivity index (χ0n) is 14.4. The number of hydrogen-bond acceptors (Lipinski definition) is 4. The smallest absolute Gasteiger partial charge is 0.137 e. The summed E-state index contributed by atoms with van der Waals surface area (Å²) in [5.41, 5.74) is 4.41. The van der Waals surface area contributed by atoms with Gasteiger partial charge in [0.25, 0.3) is 0 Å². The minimum Gasteiger partial charge on any atom is -0.508 e. The van der Waals surface area contributed by atoms with Crippen LogP contribution < -0.4 is 0 Å². The van der Waals surface area contributed by atoms with Gasteiger partial charge in [-0.3, -0.25) is 0 Å². The van der Waals surface area contributed by atoms with Gasteiger partial charge in [0.1, 0.15) is 24.4 Å². The molecule has 1 aromatic heterocycles. The number of nitriles is 1. The van der Waals surface area contributed by atoms with Gasteiger partial charge < -0.3 is 5.11 Å². The summed E-state index contributed by atoms with van der Waals surface area (Å²) in [6.45, 7) is 0. The molecule has 0 fully saturated rings. The summed E-state index contributed by atoms with van der Waals surface area (Å²) in [6, 6.07) is 24.7. The van der Waals surface area contributed by atoms with Gasteiger partial charge in [0.2, 0.25) is 0 Å². The van der Waals surface area contributed by atoms with Crippen molar-refractivity contribution in [2.45, 2.75) is 6.04 Å². The van der Waals surface area contributed by atoms with Crippen LogP contribution in [-0.4, -0.2) is 19.9 Å². The Labute approximate surface area is 156 Å². The molecule has 0 aliphatic carbocycles. The summed E-state index contributed by atoms with van der Waals surface area (Å²) in [5, 5.41) is 23.5. The van der Waals surface area contributed by atoms with Gasteiger partial charge in [-0.1, -0.05) is 48.5 Å². The van der Waals surface area contributed by atoms with E-state index in [0.717, 1.165) is 22.3 Å². The highest BCUT2D eigenvalue weighted by Gasteiger charge is 2.19.